The van der Waals surface area contributed by atoms with Crippen molar-refractivity contribution >= 4 is 39.2 Å². The molecule has 0 saturated heterocycles. The van der Waals surface area contributed by atoms with Gasteiger partial charge in [0, 0.05) is 24.7 Å². The summed E-state index contributed by atoms with van der Waals surface area (Å²) < 4.78 is 42.7. The summed E-state index contributed by atoms with van der Waals surface area (Å²) in [6.07, 6.45) is -0.704. The average Bonchev–Trinajstić information content (AvgIpc) is 3.56. The van der Waals surface area contributed by atoms with E-state index in [-0.39, 0.29) is 29.7 Å². The third-order valence-electron chi connectivity index (χ3n) is 7.25. The molecule has 222 valence electrons. The minimum Gasteiger partial charge on any atom is -0.406 e. The molecule has 3 heterocycles. The Balaban J connectivity index is 1.44. The fraction of sp³-hybridized carbons (Fsp3) is 0.414. The van der Waals surface area contributed by atoms with Gasteiger partial charge in [-0.05, 0) is 70.7 Å². The normalized spacial score (nSPS) is 17.7. The summed E-state index contributed by atoms with van der Waals surface area (Å²) in [7, 11) is 0. The molecule has 0 radical (unpaired) electrons. The molecule has 3 atom stereocenters. The third-order valence-corrected chi connectivity index (χ3v) is 8.29. The first kappa shape index (κ1) is 29.5. The maximum atomic E-state index is 12.6. The molecule has 1 aromatic carbocycles. The quantitative estimate of drug-likeness (QED) is 0.198. The van der Waals surface area contributed by atoms with E-state index in [0.717, 1.165) is 44.9 Å². The van der Waals surface area contributed by atoms with Gasteiger partial charge in [0.1, 0.15) is 22.1 Å². The number of aryl methyl sites for hydroxylation is 2. The van der Waals surface area contributed by atoms with Gasteiger partial charge in [0.15, 0.2) is 0 Å². The molecule has 5 rings (SSSR count). The monoisotopic (exact) mass is 599 g/mol. The summed E-state index contributed by atoms with van der Waals surface area (Å²) in [6.45, 7) is 8.19. The first-order valence-electron chi connectivity index (χ1n) is 13.8. The number of nitrogens with one attached hydrogen (secondary N) is 3. The van der Waals surface area contributed by atoms with Crippen molar-refractivity contribution in [3.8, 4) is 16.3 Å². The molecule has 1 fully saturated rings. The van der Waals surface area contributed by atoms with Crippen LogP contribution in [0.3, 0.4) is 0 Å². The second-order valence-corrected chi connectivity index (χ2v) is 11.4. The summed E-state index contributed by atoms with van der Waals surface area (Å²) in [5.41, 5.74) is 3.89. The number of hydrogen-bond donors (Lipinski definition) is 3. The van der Waals surface area contributed by atoms with Crippen LogP contribution >= 0.6 is 11.3 Å². The molecular weight excluding hydrogens is 567 g/mol. The smallest absolute Gasteiger partial charge is 0.406 e. The number of aromatic nitrogens is 4. The van der Waals surface area contributed by atoms with Crippen molar-refractivity contribution in [2.24, 2.45) is 5.92 Å². The maximum absolute atomic E-state index is 12.6. The number of pyridine rings is 1. The number of alkyl halides is 3. The van der Waals surface area contributed by atoms with Gasteiger partial charge < -0.3 is 20.7 Å². The molecule has 42 heavy (non-hydrogen) atoms. The van der Waals surface area contributed by atoms with Gasteiger partial charge in [-0.15, -0.1) is 24.5 Å². The fourth-order valence-corrected chi connectivity index (χ4v) is 6.30. The van der Waals surface area contributed by atoms with Crippen molar-refractivity contribution in [3.63, 3.8) is 0 Å². The van der Waals surface area contributed by atoms with Gasteiger partial charge in [-0.1, -0.05) is 12.1 Å². The lowest BCUT2D eigenvalue weighted by atomic mass is 10.1. The predicted octanol–water partition coefficient (Wildman–Crippen LogP) is 6.55. The van der Waals surface area contributed by atoms with E-state index in [4.69, 9.17) is 15.0 Å². The molecule has 2 unspecified atom stereocenters. The van der Waals surface area contributed by atoms with Crippen LogP contribution in [-0.4, -0.2) is 44.8 Å². The minimum atomic E-state index is -4.75. The first-order valence-corrected chi connectivity index (χ1v) is 14.6. The molecule has 1 aliphatic carbocycles. The van der Waals surface area contributed by atoms with Gasteiger partial charge in [-0.2, -0.15) is 4.98 Å². The molecule has 0 spiro atoms. The molecule has 1 saturated carbocycles. The van der Waals surface area contributed by atoms with Crippen LogP contribution in [0.25, 0.3) is 20.8 Å². The van der Waals surface area contributed by atoms with E-state index >= 15 is 0 Å². The Hall–Kier alpha value is -4.00. The zero-order valence-corrected chi connectivity index (χ0v) is 24.5. The van der Waals surface area contributed by atoms with Crippen LogP contribution < -0.4 is 20.7 Å². The number of thiazole rings is 1. The Labute approximate surface area is 245 Å². The van der Waals surface area contributed by atoms with Gasteiger partial charge in [0.25, 0.3) is 0 Å². The lowest BCUT2D eigenvalue weighted by Crippen LogP contribution is -2.30. The topological polar surface area (TPSA) is 114 Å². The maximum Gasteiger partial charge on any atom is 0.573 e. The van der Waals surface area contributed by atoms with Gasteiger partial charge in [-0.3, -0.25) is 9.78 Å². The van der Waals surface area contributed by atoms with Crippen molar-refractivity contribution in [1.82, 2.24) is 25.3 Å². The second kappa shape index (κ2) is 12.1. The predicted molar refractivity (Wildman–Crippen MR) is 157 cm³/mol. The van der Waals surface area contributed by atoms with Crippen LogP contribution in [0.5, 0.6) is 5.75 Å². The Morgan fingerprint density at radius 1 is 1.10 bits per heavy atom. The van der Waals surface area contributed by atoms with Crippen LogP contribution in [0.1, 0.15) is 56.1 Å². The number of ether oxygens (including phenoxy) is 1. The molecule has 1 amide bonds. The summed E-state index contributed by atoms with van der Waals surface area (Å²) >= 11 is 1.54. The Bertz CT molecular complexity index is 1580. The van der Waals surface area contributed by atoms with Crippen LogP contribution in [-0.2, 0) is 4.79 Å². The number of hydrogen-bond acceptors (Lipinski definition) is 9. The number of carbonyl (C=O) groups excluding carboxylic acids is 1. The van der Waals surface area contributed by atoms with Crippen molar-refractivity contribution in [1.29, 1.82) is 0 Å². The Kier molecular flexibility index (Phi) is 8.48. The van der Waals surface area contributed by atoms with Crippen molar-refractivity contribution < 1.29 is 22.7 Å². The zero-order chi connectivity index (χ0) is 30.0. The lowest BCUT2D eigenvalue weighted by Gasteiger charge is -2.20. The minimum absolute atomic E-state index is 0.0369. The molecule has 9 nitrogen and oxygen atoms in total. The molecule has 13 heteroatoms. The Morgan fingerprint density at radius 3 is 2.55 bits per heavy atom. The van der Waals surface area contributed by atoms with Crippen molar-refractivity contribution in [2.75, 3.05) is 17.2 Å². The Morgan fingerprint density at radius 2 is 1.86 bits per heavy atom. The summed E-state index contributed by atoms with van der Waals surface area (Å²) in [5.74, 6) is 0.686. The number of nitrogens with zero attached hydrogens (tertiary/aromatic N) is 4. The second-order valence-electron chi connectivity index (χ2n) is 10.3. The van der Waals surface area contributed by atoms with E-state index in [1.165, 1.54) is 23.5 Å². The summed E-state index contributed by atoms with van der Waals surface area (Å²) in [6, 6.07) is 7.34. The van der Waals surface area contributed by atoms with Crippen LogP contribution in [0.4, 0.5) is 24.9 Å². The highest BCUT2D eigenvalue weighted by Crippen LogP contribution is 2.38. The highest BCUT2D eigenvalue weighted by atomic mass is 32.1. The van der Waals surface area contributed by atoms with Gasteiger partial charge in [0.2, 0.25) is 11.9 Å². The van der Waals surface area contributed by atoms with Crippen LogP contribution in [0.2, 0.25) is 0 Å². The number of carbonyl (C=O) groups is 1. The third kappa shape index (κ3) is 6.72. The van der Waals surface area contributed by atoms with Gasteiger partial charge in [0.05, 0.1) is 27.7 Å². The van der Waals surface area contributed by atoms with E-state index in [0.29, 0.717) is 30.4 Å². The lowest BCUT2D eigenvalue weighted by molar-refractivity contribution is -0.274. The molecule has 3 N–H and O–H groups in total. The van der Waals surface area contributed by atoms with Crippen LogP contribution in [0, 0.1) is 19.8 Å². The SMILES string of the molecule is CCNC(=O)C1CCC(Nc2nc(N[C@H](C)c3ccc(OC(F)(F)F)cc3)nc(C)c2-c2nc3c(C)nccc3s2)C1. The van der Waals surface area contributed by atoms with E-state index in [1.54, 1.807) is 18.3 Å². The summed E-state index contributed by atoms with van der Waals surface area (Å²) in [5, 5.41) is 10.5. The number of rotatable bonds is 9. The number of amides is 1. The molecular formula is C29H32F3N7O2S. The van der Waals surface area contributed by atoms with E-state index in [9.17, 15) is 18.0 Å². The van der Waals surface area contributed by atoms with Gasteiger partial charge in [-0.25, -0.2) is 9.97 Å². The fourth-order valence-electron chi connectivity index (χ4n) is 5.18. The number of benzene rings is 1. The van der Waals surface area contributed by atoms with Crippen molar-refractivity contribution in [3.05, 3.63) is 53.5 Å². The van der Waals surface area contributed by atoms with E-state index in [2.05, 4.69) is 25.7 Å². The number of halogens is 3. The van der Waals surface area contributed by atoms with E-state index in [1.807, 2.05) is 33.8 Å². The highest BCUT2D eigenvalue weighted by molar-refractivity contribution is 7.21. The molecule has 1 aliphatic rings. The molecule has 3 aromatic heterocycles. The largest absolute Gasteiger partial charge is 0.573 e. The first-order chi connectivity index (χ1) is 20.0. The highest BCUT2D eigenvalue weighted by Gasteiger charge is 2.32. The zero-order valence-electron chi connectivity index (χ0n) is 23.7. The number of anilines is 2. The average molecular weight is 600 g/mol. The molecule has 0 bridgehead atoms. The summed E-state index contributed by atoms with van der Waals surface area (Å²) in [4.78, 5) is 31.3. The van der Waals surface area contributed by atoms with Crippen LogP contribution in [0.15, 0.2) is 36.5 Å². The standard InChI is InChI=1S/C29H32F3N7O2S/c1-5-33-26(40)19-6-9-20(14-19)37-25-23(27-38-24-17(4)34-13-12-22(24)42-27)16(3)36-28(39-25)35-15(2)18-7-10-21(11-8-18)41-29(30,31)32/h7-8,10-13,15,19-20H,5-6,9,14H2,1-4H3,(H,33,40)(H2,35,36,37,39)/t15-,19?,20?/m1/s1. The van der Waals surface area contributed by atoms with Crippen molar-refractivity contribution in [2.45, 2.75) is 65.4 Å². The number of fused-ring (bicyclic) bond motifs is 1. The van der Waals surface area contributed by atoms with Gasteiger partial charge >= 0.3 is 6.36 Å². The molecule has 4 aromatic rings. The molecule has 0 aliphatic heterocycles. The van der Waals surface area contributed by atoms with E-state index < -0.39 is 6.36 Å².